The highest BCUT2D eigenvalue weighted by molar-refractivity contribution is 5.79. The van der Waals surface area contributed by atoms with Crippen molar-refractivity contribution in [1.82, 2.24) is 0 Å². The molecule has 0 radical (unpaired) electrons. The van der Waals surface area contributed by atoms with E-state index in [0.29, 0.717) is 41.2 Å². The SMILES string of the molecule is CCOC(=O)CC1CC(CC(O)c2c(C(C)C)cc(OC)c(OC)c2-c2ccc(F)cc2)OC(C)(C)O1. The zero-order chi connectivity index (χ0) is 27.3. The van der Waals surface area contributed by atoms with Crippen LogP contribution in [0, 0.1) is 5.82 Å². The first-order valence-corrected chi connectivity index (χ1v) is 12.7. The molecule has 1 aliphatic heterocycles. The van der Waals surface area contributed by atoms with Crippen LogP contribution in [0.15, 0.2) is 30.3 Å². The van der Waals surface area contributed by atoms with Crippen molar-refractivity contribution in [3.05, 3.63) is 47.3 Å². The molecule has 2 aromatic rings. The van der Waals surface area contributed by atoms with Crippen molar-refractivity contribution in [1.29, 1.82) is 0 Å². The maximum Gasteiger partial charge on any atom is 0.308 e. The van der Waals surface area contributed by atoms with E-state index in [4.69, 9.17) is 23.7 Å². The van der Waals surface area contributed by atoms with Gasteiger partial charge in [0.05, 0.1) is 45.6 Å². The van der Waals surface area contributed by atoms with Crippen molar-refractivity contribution in [3.63, 3.8) is 0 Å². The molecule has 3 rings (SSSR count). The molecular formula is C29H39FO7. The molecule has 0 aliphatic carbocycles. The quantitative estimate of drug-likeness (QED) is 0.391. The van der Waals surface area contributed by atoms with E-state index in [-0.39, 0.29) is 36.7 Å². The van der Waals surface area contributed by atoms with Crippen LogP contribution in [-0.2, 0) is 19.0 Å². The molecule has 2 aromatic carbocycles. The summed E-state index contributed by atoms with van der Waals surface area (Å²) in [6.07, 6.45) is -0.926. The molecule has 3 unspecified atom stereocenters. The number of esters is 1. The number of ether oxygens (including phenoxy) is 5. The molecule has 0 bridgehead atoms. The number of hydrogen-bond acceptors (Lipinski definition) is 7. The largest absolute Gasteiger partial charge is 0.493 e. The van der Waals surface area contributed by atoms with E-state index in [1.165, 1.54) is 12.1 Å². The molecule has 1 saturated heterocycles. The van der Waals surface area contributed by atoms with Gasteiger partial charge in [0, 0.05) is 18.4 Å². The van der Waals surface area contributed by atoms with Gasteiger partial charge >= 0.3 is 5.97 Å². The Bertz CT molecular complexity index is 1060. The van der Waals surface area contributed by atoms with E-state index in [0.717, 1.165) is 5.56 Å². The van der Waals surface area contributed by atoms with Crippen molar-refractivity contribution in [2.24, 2.45) is 0 Å². The van der Waals surface area contributed by atoms with Gasteiger partial charge in [0.25, 0.3) is 0 Å². The summed E-state index contributed by atoms with van der Waals surface area (Å²) in [5.41, 5.74) is 2.90. The Morgan fingerprint density at radius 1 is 1.14 bits per heavy atom. The zero-order valence-electron chi connectivity index (χ0n) is 22.8. The number of aliphatic hydroxyl groups excluding tert-OH is 1. The molecule has 1 N–H and O–H groups in total. The third-order valence-electron chi connectivity index (χ3n) is 6.44. The van der Waals surface area contributed by atoms with Gasteiger partial charge in [-0.15, -0.1) is 0 Å². The third kappa shape index (κ3) is 7.00. The van der Waals surface area contributed by atoms with Crippen LogP contribution < -0.4 is 9.47 Å². The molecule has 0 amide bonds. The van der Waals surface area contributed by atoms with Crippen LogP contribution in [0.1, 0.15) is 77.0 Å². The molecule has 0 saturated carbocycles. The Hall–Kier alpha value is -2.68. The second-order valence-electron chi connectivity index (χ2n) is 10.0. The first-order valence-electron chi connectivity index (χ1n) is 12.7. The summed E-state index contributed by atoms with van der Waals surface area (Å²) in [4.78, 5) is 12.1. The lowest BCUT2D eigenvalue weighted by molar-refractivity contribution is -0.303. The lowest BCUT2D eigenvalue weighted by Gasteiger charge is -2.41. The zero-order valence-corrected chi connectivity index (χ0v) is 22.8. The molecule has 8 heteroatoms. The average molecular weight is 519 g/mol. The third-order valence-corrected chi connectivity index (χ3v) is 6.44. The van der Waals surface area contributed by atoms with Crippen LogP contribution >= 0.6 is 0 Å². The molecule has 0 aromatic heterocycles. The fourth-order valence-electron chi connectivity index (χ4n) is 5.03. The van der Waals surface area contributed by atoms with E-state index < -0.39 is 18.0 Å². The maximum absolute atomic E-state index is 13.8. The van der Waals surface area contributed by atoms with E-state index in [1.54, 1.807) is 47.1 Å². The smallest absolute Gasteiger partial charge is 0.308 e. The number of carbonyl (C=O) groups excluding carboxylic acids is 1. The molecule has 37 heavy (non-hydrogen) atoms. The molecule has 7 nitrogen and oxygen atoms in total. The van der Waals surface area contributed by atoms with E-state index in [2.05, 4.69) is 0 Å². The maximum atomic E-state index is 13.8. The fourth-order valence-corrected chi connectivity index (χ4v) is 5.03. The molecule has 1 aliphatic rings. The number of methoxy groups -OCH3 is 2. The Morgan fingerprint density at radius 3 is 2.35 bits per heavy atom. The normalized spacial score (nSPS) is 19.9. The number of hydrogen-bond donors (Lipinski definition) is 1. The van der Waals surface area contributed by atoms with Crippen molar-refractivity contribution < 1.29 is 38.0 Å². The summed E-state index contributed by atoms with van der Waals surface area (Å²) in [7, 11) is 3.11. The minimum absolute atomic E-state index is 0.0484. The van der Waals surface area contributed by atoms with Crippen molar-refractivity contribution in [2.75, 3.05) is 20.8 Å². The van der Waals surface area contributed by atoms with Crippen LogP contribution in [-0.4, -0.2) is 49.9 Å². The van der Waals surface area contributed by atoms with Gasteiger partial charge in [0.1, 0.15) is 5.82 Å². The van der Waals surface area contributed by atoms with Gasteiger partial charge in [-0.3, -0.25) is 4.79 Å². The highest BCUT2D eigenvalue weighted by Gasteiger charge is 2.38. The second kappa shape index (κ2) is 12.2. The minimum atomic E-state index is -0.945. The van der Waals surface area contributed by atoms with Crippen LogP contribution in [0.25, 0.3) is 11.1 Å². The molecule has 1 heterocycles. The van der Waals surface area contributed by atoms with E-state index >= 15 is 0 Å². The second-order valence-corrected chi connectivity index (χ2v) is 10.0. The predicted molar refractivity (Wildman–Crippen MR) is 138 cm³/mol. The van der Waals surface area contributed by atoms with Gasteiger partial charge in [-0.05, 0) is 61.6 Å². The molecule has 3 atom stereocenters. The average Bonchev–Trinajstić information content (AvgIpc) is 2.82. The van der Waals surface area contributed by atoms with Crippen LogP contribution in [0.5, 0.6) is 11.5 Å². The highest BCUT2D eigenvalue weighted by atomic mass is 19.1. The summed E-state index contributed by atoms with van der Waals surface area (Å²) in [5, 5.41) is 11.7. The lowest BCUT2D eigenvalue weighted by Crippen LogP contribution is -2.45. The molecular weight excluding hydrogens is 479 g/mol. The number of carbonyl (C=O) groups is 1. The molecule has 1 fully saturated rings. The van der Waals surface area contributed by atoms with Crippen molar-refractivity contribution in [2.45, 2.75) is 83.9 Å². The van der Waals surface area contributed by atoms with Crippen LogP contribution in [0.4, 0.5) is 4.39 Å². The first-order chi connectivity index (χ1) is 17.5. The summed E-state index contributed by atoms with van der Waals surface area (Å²) < 4.78 is 42.4. The number of aliphatic hydroxyl groups is 1. The van der Waals surface area contributed by atoms with Gasteiger partial charge in [-0.1, -0.05) is 26.0 Å². The topological polar surface area (TPSA) is 83.5 Å². The monoisotopic (exact) mass is 518 g/mol. The Kier molecular flexibility index (Phi) is 9.56. The van der Waals surface area contributed by atoms with Gasteiger partial charge < -0.3 is 28.8 Å². The van der Waals surface area contributed by atoms with E-state index in [9.17, 15) is 14.3 Å². The van der Waals surface area contributed by atoms with Gasteiger partial charge in [-0.25, -0.2) is 4.39 Å². The Balaban J connectivity index is 2.04. The standard InChI is InChI=1S/C29H39FO7/c1-8-35-25(32)15-21-13-20(36-29(4,5)37-21)14-23(31)27-22(17(2)3)16-24(33-6)28(34-7)26(27)18-9-11-19(30)12-10-18/h9-12,16-17,20-21,23,31H,8,13-15H2,1-7H3. The van der Waals surface area contributed by atoms with Crippen molar-refractivity contribution in [3.8, 4) is 22.6 Å². The summed E-state index contributed by atoms with van der Waals surface area (Å²) in [6.45, 7) is 9.73. The summed E-state index contributed by atoms with van der Waals surface area (Å²) >= 11 is 0. The predicted octanol–water partition coefficient (Wildman–Crippen LogP) is 5.92. The number of halogens is 1. The molecule has 0 spiro atoms. The summed E-state index contributed by atoms with van der Waals surface area (Å²) in [5.74, 6) is -0.585. The van der Waals surface area contributed by atoms with Crippen LogP contribution in [0.2, 0.25) is 0 Å². The Labute approximate surface area is 218 Å². The van der Waals surface area contributed by atoms with Gasteiger partial charge in [0.15, 0.2) is 17.3 Å². The minimum Gasteiger partial charge on any atom is -0.493 e. The lowest BCUT2D eigenvalue weighted by atomic mass is 9.84. The first kappa shape index (κ1) is 28.9. The number of rotatable bonds is 10. The summed E-state index contributed by atoms with van der Waals surface area (Å²) in [6, 6.07) is 7.97. The Morgan fingerprint density at radius 2 is 1.78 bits per heavy atom. The van der Waals surface area contributed by atoms with Gasteiger partial charge in [-0.2, -0.15) is 0 Å². The van der Waals surface area contributed by atoms with Crippen LogP contribution in [0.3, 0.4) is 0 Å². The highest BCUT2D eigenvalue weighted by Crippen LogP contribution is 2.48. The van der Waals surface area contributed by atoms with Crippen molar-refractivity contribution >= 4 is 5.97 Å². The molecule has 204 valence electrons. The van der Waals surface area contributed by atoms with Gasteiger partial charge in [0.2, 0.25) is 0 Å². The number of benzene rings is 2. The van der Waals surface area contributed by atoms with E-state index in [1.807, 2.05) is 19.9 Å². The fraction of sp³-hybridized carbons (Fsp3) is 0.552.